The third-order valence-corrected chi connectivity index (χ3v) is 6.61. The molecule has 38 heavy (non-hydrogen) atoms. The highest BCUT2D eigenvalue weighted by atomic mass is 16.5. The van der Waals surface area contributed by atoms with Gasteiger partial charge in [-0.3, -0.25) is 9.59 Å². The highest BCUT2D eigenvalue weighted by Crippen LogP contribution is 2.44. The number of amides is 3. The average Bonchev–Trinajstić information content (AvgIpc) is 3.26. The van der Waals surface area contributed by atoms with Crippen LogP contribution in [0.1, 0.15) is 48.3 Å². The molecule has 0 spiro atoms. The van der Waals surface area contributed by atoms with E-state index in [1.807, 2.05) is 36.4 Å². The first kappa shape index (κ1) is 26.9. The van der Waals surface area contributed by atoms with Crippen LogP contribution in [0.15, 0.2) is 72.8 Å². The van der Waals surface area contributed by atoms with Crippen molar-refractivity contribution in [3.05, 3.63) is 89.5 Å². The molecule has 8 heteroatoms. The van der Waals surface area contributed by atoms with Gasteiger partial charge in [0.15, 0.2) is 0 Å². The molecule has 5 N–H and O–H groups in total. The first-order valence-corrected chi connectivity index (χ1v) is 13.0. The third kappa shape index (κ3) is 7.20. The van der Waals surface area contributed by atoms with E-state index in [4.69, 9.17) is 10.5 Å². The molecular formula is C30H34N4O4. The van der Waals surface area contributed by atoms with Gasteiger partial charge in [0.1, 0.15) is 6.61 Å². The summed E-state index contributed by atoms with van der Waals surface area (Å²) in [6.45, 7) is 1.12. The van der Waals surface area contributed by atoms with Crippen molar-refractivity contribution in [1.29, 1.82) is 0 Å². The summed E-state index contributed by atoms with van der Waals surface area (Å²) in [5, 5.41) is 8.16. The molecule has 0 atom stereocenters. The summed E-state index contributed by atoms with van der Waals surface area (Å²) in [7, 11) is 0. The second-order valence-corrected chi connectivity index (χ2v) is 9.29. The van der Waals surface area contributed by atoms with E-state index < -0.39 is 6.09 Å². The maximum atomic E-state index is 12.2. The zero-order valence-electron chi connectivity index (χ0n) is 21.4. The molecule has 1 aliphatic rings. The molecule has 0 aliphatic heterocycles. The number of carbonyl (C=O) groups is 3. The van der Waals surface area contributed by atoms with Crippen molar-refractivity contribution in [3.8, 4) is 11.1 Å². The Morgan fingerprint density at radius 1 is 0.763 bits per heavy atom. The van der Waals surface area contributed by atoms with Gasteiger partial charge in [-0.2, -0.15) is 0 Å². The second kappa shape index (κ2) is 13.4. The summed E-state index contributed by atoms with van der Waals surface area (Å²) in [5.41, 5.74) is 11.9. The number of unbranched alkanes of at least 4 members (excludes halogenated alkanes) is 2. The number of nitrogens with two attached hydrogens (primary N) is 1. The molecule has 0 unspecified atom stereocenters. The van der Waals surface area contributed by atoms with E-state index in [9.17, 15) is 14.4 Å². The monoisotopic (exact) mass is 514 g/mol. The molecule has 0 bridgehead atoms. The minimum Gasteiger partial charge on any atom is -0.449 e. The molecule has 8 nitrogen and oxygen atoms in total. The van der Waals surface area contributed by atoms with E-state index in [0.29, 0.717) is 31.6 Å². The number of benzene rings is 3. The van der Waals surface area contributed by atoms with Crippen LogP contribution in [0.2, 0.25) is 0 Å². The van der Waals surface area contributed by atoms with Gasteiger partial charge in [-0.15, -0.1) is 0 Å². The van der Waals surface area contributed by atoms with Crippen molar-refractivity contribution in [2.24, 2.45) is 5.73 Å². The van der Waals surface area contributed by atoms with Gasteiger partial charge in [0.05, 0.1) is 6.54 Å². The first-order valence-electron chi connectivity index (χ1n) is 13.0. The summed E-state index contributed by atoms with van der Waals surface area (Å²) >= 11 is 0. The first-order chi connectivity index (χ1) is 18.5. The zero-order valence-corrected chi connectivity index (χ0v) is 21.4. The Morgan fingerprint density at radius 2 is 1.42 bits per heavy atom. The van der Waals surface area contributed by atoms with Crippen LogP contribution in [0, 0.1) is 0 Å². The van der Waals surface area contributed by atoms with E-state index >= 15 is 0 Å². The SMILES string of the molecule is NCc1ccc(NC(=O)CNC(=O)CCCCCNC(=O)OCC2c3ccccc3-c3ccccc32)cc1. The summed E-state index contributed by atoms with van der Waals surface area (Å²) in [6.07, 6.45) is 2.06. The Hall–Kier alpha value is -4.17. The number of hydrogen-bond acceptors (Lipinski definition) is 5. The van der Waals surface area contributed by atoms with Crippen LogP contribution in [0.25, 0.3) is 11.1 Å². The van der Waals surface area contributed by atoms with Gasteiger partial charge in [-0.05, 0) is 52.8 Å². The van der Waals surface area contributed by atoms with Gasteiger partial charge in [-0.25, -0.2) is 4.79 Å². The fourth-order valence-electron chi connectivity index (χ4n) is 4.62. The number of fused-ring (bicyclic) bond motifs is 3. The van der Waals surface area contributed by atoms with E-state index in [2.05, 4.69) is 40.2 Å². The molecule has 0 saturated carbocycles. The van der Waals surface area contributed by atoms with Crippen molar-refractivity contribution >= 4 is 23.6 Å². The van der Waals surface area contributed by atoms with Crippen LogP contribution in [-0.2, 0) is 20.9 Å². The van der Waals surface area contributed by atoms with Gasteiger partial charge < -0.3 is 26.4 Å². The molecule has 0 aromatic heterocycles. The number of ether oxygens (including phenoxy) is 1. The number of nitrogens with one attached hydrogen (secondary N) is 3. The van der Waals surface area contributed by atoms with Crippen LogP contribution < -0.4 is 21.7 Å². The summed E-state index contributed by atoms with van der Waals surface area (Å²) in [5.74, 6) is -0.431. The van der Waals surface area contributed by atoms with Crippen LogP contribution in [-0.4, -0.2) is 37.6 Å². The lowest BCUT2D eigenvalue weighted by Gasteiger charge is -2.14. The maximum Gasteiger partial charge on any atom is 0.407 e. The van der Waals surface area contributed by atoms with Gasteiger partial charge in [0.2, 0.25) is 11.8 Å². The second-order valence-electron chi connectivity index (χ2n) is 9.29. The third-order valence-electron chi connectivity index (χ3n) is 6.61. The van der Waals surface area contributed by atoms with Crippen LogP contribution in [0.3, 0.4) is 0 Å². The van der Waals surface area contributed by atoms with Crippen LogP contribution >= 0.6 is 0 Å². The quantitative estimate of drug-likeness (QED) is 0.269. The highest BCUT2D eigenvalue weighted by molar-refractivity contribution is 5.94. The number of alkyl carbamates (subject to hydrolysis) is 1. The lowest BCUT2D eigenvalue weighted by Crippen LogP contribution is -2.32. The Morgan fingerprint density at radius 3 is 2.08 bits per heavy atom. The molecule has 3 aromatic rings. The van der Waals surface area contributed by atoms with Crippen molar-refractivity contribution < 1.29 is 19.1 Å². The van der Waals surface area contributed by atoms with Gasteiger partial charge in [0.25, 0.3) is 0 Å². The van der Waals surface area contributed by atoms with Gasteiger partial charge in [-0.1, -0.05) is 67.1 Å². The fraction of sp³-hybridized carbons (Fsp3) is 0.300. The molecule has 0 radical (unpaired) electrons. The van der Waals surface area contributed by atoms with Gasteiger partial charge in [0, 0.05) is 31.1 Å². The highest BCUT2D eigenvalue weighted by Gasteiger charge is 2.28. The number of rotatable bonds is 12. The standard InChI is InChI=1S/C30H34N4O4/c31-18-21-13-15-22(16-14-21)34-29(36)19-33-28(35)12-2-1-7-17-32-30(37)38-20-27-25-10-5-3-8-23(25)24-9-4-6-11-26(24)27/h3-6,8-11,13-16,27H,1-2,7,12,17-20,31H2,(H,32,37)(H,33,35)(H,34,36). The molecule has 1 aliphatic carbocycles. The van der Waals surface area contributed by atoms with E-state index in [1.54, 1.807) is 12.1 Å². The predicted molar refractivity (Wildman–Crippen MR) is 148 cm³/mol. The summed E-state index contributed by atoms with van der Waals surface area (Å²) in [6, 6.07) is 23.7. The van der Waals surface area contributed by atoms with E-state index in [-0.39, 0.29) is 30.9 Å². The molecule has 0 saturated heterocycles. The molecule has 3 aromatic carbocycles. The van der Waals surface area contributed by atoms with Crippen LogP contribution in [0.5, 0.6) is 0 Å². The minimum atomic E-state index is -0.437. The fourth-order valence-corrected chi connectivity index (χ4v) is 4.62. The molecular weight excluding hydrogens is 480 g/mol. The molecule has 198 valence electrons. The maximum absolute atomic E-state index is 12.2. The zero-order chi connectivity index (χ0) is 26.7. The smallest absolute Gasteiger partial charge is 0.407 e. The average molecular weight is 515 g/mol. The summed E-state index contributed by atoms with van der Waals surface area (Å²) < 4.78 is 5.54. The molecule has 0 fully saturated rings. The number of anilines is 1. The van der Waals surface area contributed by atoms with Crippen molar-refractivity contribution in [2.75, 3.05) is 25.0 Å². The largest absolute Gasteiger partial charge is 0.449 e. The Bertz CT molecular complexity index is 1210. The van der Waals surface area contributed by atoms with E-state index in [0.717, 1.165) is 18.4 Å². The summed E-state index contributed by atoms with van der Waals surface area (Å²) in [4.78, 5) is 36.3. The lowest BCUT2D eigenvalue weighted by atomic mass is 9.98. The lowest BCUT2D eigenvalue weighted by molar-refractivity contribution is -0.124. The van der Waals surface area contributed by atoms with E-state index in [1.165, 1.54) is 22.3 Å². The van der Waals surface area contributed by atoms with Crippen molar-refractivity contribution in [3.63, 3.8) is 0 Å². The molecule has 4 rings (SSSR count). The number of carbonyl (C=O) groups excluding carboxylic acids is 3. The predicted octanol–water partition coefficient (Wildman–Crippen LogP) is 4.30. The minimum absolute atomic E-state index is 0.0328. The van der Waals surface area contributed by atoms with Gasteiger partial charge >= 0.3 is 6.09 Å². The molecule has 3 amide bonds. The van der Waals surface area contributed by atoms with Crippen molar-refractivity contribution in [1.82, 2.24) is 10.6 Å². The van der Waals surface area contributed by atoms with Crippen molar-refractivity contribution in [2.45, 2.75) is 38.1 Å². The number of hydrogen-bond donors (Lipinski definition) is 4. The normalized spacial score (nSPS) is 11.8. The molecule has 0 heterocycles. The Balaban J connectivity index is 1.06. The van der Waals surface area contributed by atoms with Crippen LogP contribution in [0.4, 0.5) is 10.5 Å². The Labute approximate surface area is 223 Å². The Kier molecular flexibility index (Phi) is 9.48. The topological polar surface area (TPSA) is 123 Å².